The van der Waals surface area contributed by atoms with Crippen molar-refractivity contribution in [3.8, 4) is 0 Å². The van der Waals surface area contributed by atoms with Crippen molar-refractivity contribution in [2.75, 3.05) is 13.1 Å². The van der Waals surface area contributed by atoms with E-state index in [1.54, 1.807) is 12.3 Å². The molecule has 2 rings (SSSR count). The SMILES string of the molecule is O=C(O)Cc1ccnn1C1CCNCC1. The fraction of sp³-hybridized carbons (Fsp3) is 0.600. The summed E-state index contributed by atoms with van der Waals surface area (Å²) < 4.78 is 1.87. The molecule has 0 aliphatic carbocycles. The van der Waals surface area contributed by atoms with Gasteiger partial charge in [-0.3, -0.25) is 9.48 Å². The lowest BCUT2D eigenvalue weighted by molar-refractivity contribution is -0.136. The van der Waals surface area contributed by atoms with Crippen LogP contribution in [0.1, 0.15) is 24.6 Å². The zero-order valence-electron chi connectivity index (χ0n) is 8.52. The van der Waals surface area contributed by atoms with E-state index in [1.165, 1.54) is 0 Å². The van der Waals surface area contributed by atoms with E-state index in [-0.39, 0.29) is 6.42 Å². The van der Waals surface area contributed by atoms with E-state index >= 15 is 0 Å². The van der Waals surface area contributed by atoms with E-state index in [0.29, 0.717) is 6.04 Å². The van der Waals surface area contributed by atoms with Gasteiger partial charge in [-0.1, -0.05) is 0 Å². The maximum atomic E-state index is 10.6. The maximum Gasteiger partial charge on any atom is 0.309 e. The number of piperidine rings is 1. The number of rotatable bonds is 3. The summed E-state index contributed by atoms with van der Waals surface area (Å²) in [5.41, 5.74) is 0.800. The topological polar surface area (TPSA) is 67.1 Å². The molecule has 0 amide bonds. The van der Waals surface area contributed by atoms with Crippen LogP contribution in [0.3, 0.4) is 0 Å². The lowest BCUT2D eigenvalue weighted by atomic mass is 10.1. The molecule has 1 saturated heterocycles. The number of carboxylic acid groups (broad SMARTS) is 1. The fourth-order valence-corrected chi connectivity index (χ4v) is 2.02. The number of carbonyl (C=O) groups is 1. The third kappa shape index (κ3) is 2.36. The molecule has 1 fully saturated rings. The molecule has 1 aromatic rings. The first-order chi connectivity index (χ1) is 7.27. The molecular weight excluding hydrogens is 194 g/mol. The molecule has 0 spiro atoms. The van der Waals surface area contributed by atoms with Gasteiger partial charge in [-0.05, 0) is 32.0 Å². The highest BCUT2D eigenvalue weighted by atomic mass is 16.4. The molecule has 1 aliphatic rings. The Morgan fingerprint density at radius 2 is 2.33 bits per heavy atom. The number of nitrogens with one attached hydrogen (secondary N) is 1. The number of carboxylic acids is 1. The Labute approximate surface area is 88.1 Å². The van der Waals surface area contributed by atoms with Gasteiger partial charge in [0.2, 0.25) is 0 Å². The minimum atomic E-state index is -0.800. The van der Waals surface area contributed by atoms with Crippen LogP contribution in [-0.4, -0.2) is 33.9 Å². The molecule has 1 aliphatic heterocycles. The Bertz CT molecular complexity index is 342. The van der Waals surface area contributed by atoms with E-state index < -0.39 is 5.97 Å². The average Bonchev–Trinajstić information content (AvgIpc) is 2.66. The van der Waals surface area contributed by atoms with Crippen LogP contribution < -0.4 is 5.32 Å². The minimum absolute atomic E-state index is 0.0595. The Morgan fingerprint density at radius 3 is 3.00 bits per heavy atom. The Morgan fingerprint density at radius 1 is 1.60 bits per heavy atom. The van der Waals surface area contributed by atoms with Crippen LogP contribution in [0.15, 0.2) is 12.3 Å². The highest BCUT2D eigenvalue weighted by molar-refractivity contribution is 5.69. The summed E-state index contributed by atoms with van der Waals surface area (Å²) in [5.74, 6) is -0.800. The minimum Gasteiger partial charge on any atom is -0.481 e. The van der Waals surface area contributed by atoms with Gasteiger partial charge in [0, 0.05) is 11.9 Å². The van der Waals surface area contributed by atoms with Crippen LogP contribution in [0.2, 0.25) is 0 Å². The van der Waals surface area contributed by atoms with Crippen LogP contribution in [0.4, 0.5) is 0 Å². The van der Waals surface area contributed by atoms with Crippen molar-refractivity contribution in [3.63, 3.8) is 0 Å². The summed E-state index contributed by atoms with van der Waals surface area (Å²) in [6, 6.07) is 2.14. The smallest absolute Gasteiger partial charge is 0.309 e. The largest absolute Gasteiger partial charge is 0.481 e. The summed E-state index contributed by atoms with van der Waals surface area (Å²) in [6.07, 6.45) is 3.78. The van der Waals surface area contributed by atoms with Crippen LogP contribution in [0.5, 0.6) is 0 Å². The number of hydrogen-bond acceptors (Lipinski definition) is 3. The van der Waals surface area contributed by atoms with Gasteiger partial charge in [-0.25, -0.2) is 0 Å². The average molecular weight is 209 g/mol. The van der Waals surface area contributed by atoms with E-state index in [2.05, 4.69) is 10.4 Å². The Kier molecular flexibility index (Phi) is 3.01. The third-order valence-electron chi connectivity index (χ3n) is 2.74. The van der Waals surface area contributed by atoms with Gasteiger partial charge in [0.25, 0.3) is 0 Å². The lowest BCUT2D eigenvalue weighted by Gasteiger charge is -2.24. The molecule has 0 aromatic carbocycles. The summed E-state index contributed by atoms with van der Waals surface area (Å²) in [6.45, 7) is 1.97. The zero-order valence-corrected chi connectivity index (χ0v) is 8.52. The van der Waals surface area contributed by atoms with Crippen molar-refractivity contribution in [3.05, 3.63) is 18.0 Å². The van der Waals surface area contributed by atoms with Gasteiger partial charge in [0.05, 0.1) is 12.5 Å². The molecule has 1 aromatic heterocycles. The summed E-state index contributed by atoms with van der Waals surface area (Å²) in [5, 5.41) is 16.3. The molecule has 2 N–H and O–H groups in total. The standard InChI is InChI=1S/C10H15N3O2/c14-10(15)7-9-3-6-12-13(9)8-1-4-11-5-2-8/h3,6,8,11H,1-2,4-5,7H2,(H,14,15). The highest BCUT2D eigenvalue weighted by Gasteiger charge is 2.18. The van der Waals surface area contributed by atoms with Crippen LogP contribution in [-0.2, 0) is 11.2 Å². The van der Waals surface area contributed by atoms with E-state index in [0.717, 1.165) is 31.6 Å². The van der Waals surface area contributed by atoms with Crippen LogP contribution in [0, 0.1) is 0 Å². The van der Waals surface area contributed by atoms with Crippen molar-refractivity contribution >= 4 is 5.97 Å². The maximum absolute atomic E-state index is 10.6. The van der Waals surface area contributed by atoms with E-state index in [4.69, 9.17) is 5.11 Å². The van der Waals surface area contributed by atoms with Gasteiger partial charge in [-0.15, -0.1) is 0 Å². The van der Waals surface area contributed by atoms with Crippen molar-refractivity contribution in [1.29, 1.82) is 0 Å². The van der Waals surface area contributed by atoms with Gasteiger partial charge in [0.15, 0.2) is 0 Å². The first-order valence-corrected chi connectivity index (χ1v) is 5.22. The van der Waals surface area contributed by atoms with Crippen molar-refractivity contribution in [2.24, 2.45) is 0 Å². The molecule has 0 saturated carbocycles. The molecule has 5 heteroatoms. The summed E-state index contributed by atoms with van der Waals surface area (Å²) in [7, 11) is 0. The van der Waals surface area contributed by atoms with Gasteiger partial charge in [-0.2, -0.15) is 5.10 Å². The Hall–Kier alpha value is -1.36. The van der Waals surface area contributed by atoms with Crippen molar-refractivity contribution < 1.29 is 9.90 Å². The molecule has 0 unspecified atom stereocenters. The third-order valence-corrected chi connectivity index (χ3v) is 2.74. The van der Waals surface area contributed by atoms with Crippen LogP contribution in [0.25, 0.3) is 0 Å². The fourth-order valence-electron chi connectivity index (χ4n) is 2.02. The molecular formula is C10H15N3O2. The summed E-state index contributed by atoms with van der Waals surface area (Å²) in [4.78, 5) is 10.6. The molecule has 0 atom stereocenters. The number of aliphatic carboxylic acids is 1. The molecule has 2 heterocycles. The van der Waals surface area contributed by atoms with Crippen molar-refractivity contribution in [1.82, 2.24) is 15.1 Å². The second-order valence-corrected chi connectivity index (χ2v) is 3.82. The second-order valence-electron chi connectivity index (χ2n) is 3.82. The molecule has 0 bridgehead atoms. The summed E-state index contributed by atoms with van der Waals surface area (Å²) >= 11 is 0. The molecule has 0 radical (unpaired) electrons. The quantitative estimate of drug-likeness (QED) is 0.757. The first-order valence-electron chi connectivity index (χ1n) is 5.22. The molecule has 15 heavy (non-hydrogen) atoms. The van der Waals surface area contributed by atoms with Gasteiger partial charge < -0.3 is 10.4 Å². The zero-order chi connectivity index (χ0) is 10.7. The lowest BCUT2D eigenvalue weighted by Crippen LogP contribution is -2.30. The predicted octanol–water partition coefficient (Wildman–Crippen LogP) is 0.435. The number of hydrogen-bond donors (Lipinski definition) is 2. The normalized spacial score (nSPS) is 17.9. The molecule has 82 valence electrons. The van der Waals surface area contributed by atoms with Crippen LogP contribution >= 0.6 is 0 Å². The number of nitrogens with zero attached hydrogens (tertiary/aromatic N) is 2. The monoisotopic (exact) mass is 209 g/mol. The predicted molar refractivity (Wildman–Crippen MR) is 54.7 cm³/mol. The van der Waals surface area contributed by atoms with Gasteiger partial charge >= 0.3 is 5.97 Å². The van der Waals surface area contributed by atoms with E-state index in [9.17, 15) is 4.79 Å². The molecule has 5 nitrogen and oxygen atoms in total. The Balaban J connectivity index is 2.12. The first kappa shape index (κ1) is 10.2. The van der Waals surface area contributed by atoms with Crippen molar-refractivity contribution in [2.45, 2.75) is 25.3 Å². The van der Waals surface area contributed by atoms with Gasteiger partial charge in [0.1, 0.15) is 0 Å². The van der Waals surface area contributed by atoms with E-state index in [1.807, 2.05) is 4.68 Å². The second kappa shape index (κ2) is 4.44. The number of aromatic nitrogens is 2. The highest BCUT2D eigenvalue weighted by Crippen LogP contribution is 2.19.